The van der Waals surface area contributed by atoms with Crippen LogP contribution in [0.25, 0.3) is 6.08 Å². The SMILES string of the molecule is C[C@H](NS(=O)(=O)C=Cc1nn(Cc2ccccc2)c2c1CS(=O)(=O)CC2)C1CCCCC1. The summed E-state index contributed by atoms with van der Waals surface area (Å²) in [5.74, 6) is 0.334. The van der Waals surface area contributed by atoms with Crippen LogP contribution in [0.15, 0.2) is 35.7 Å². The predicted molar refractivity (Wildman–Crippen MR) is 126 cm³/mol. The van der Waals surface area contributed by atoms with Gasteiger partial charge in [0, 0.05) is 29.1 Å². The molecule has 1 saturated carbocycles. The van der Waals surface area contributed by atoms with Crippen molar-refractivity contribution in [3.05, 3.63) is 58.3 Å². The minimum absolute atomic E-state index is 0.0857. The van der Waals surface area contributed by atoms with Crippen LogP contribution in [0.3, 0.4) is 0 Å². The van der Waals surface area contributed by atoms with E-state index in [0.717, 1.165) is 42.3 Å². The van der Waals surface area contributed by atoms with Crippen LogP contribution in [-0.4, -0.2) is 38.4 Å². The van der Waals surface area contributed by atoms with E-state index in [1.807, 2.05) is 41.9 Å². The molecule has 1 aliphatic heterocycles. The normalized spacial score (nSPS) is 20.3. The highest BCUT2D eigenvalue weighted by atomic mass is 32.2. The molecule has 1 fully saturated rings. The van der Waals surface area contributed by atoms with E-state index in [1.165, 1.54) is 12.5 Å². The van der Waals surface area contributed by atoms with Crippen LogP contribution in [0.2, 0.25) is 0 Å². The summed E-state index contributed by atoms with van der Waals surface area (Å²) in [4.78, 5) is 0. The number of nitrogens with one attached hydrogen (secondary N) is 1. The van der Waals surface area contributed by atoms with Gasteiger partial charge in [-0.1, -0.05) is 49.6 Å². The van der Waals surface area contributed by atoms with Gasteiger partial charge < -0.3 is 0 Å². The summed E-state index contributed by atoms with van der Waals surface area (Å²) in [6, 6.07) is 9.68. The Hall–Kier alpha value is -1.97. The van der Waals surface area contributed by atoms with Gasteiger partial charge in [0.15, 0.2) is 9.84 Å². The standard InChI is InChI=1S/C23H31N3O4S2/c1-18(20-10-6-3-7-11-20)25-32(29,30)15-12-22-21-17-31(27,28)14-13-23(21)26(24-22)16-19-8-4-2-5-9-19/h2,4-5,8-9,12,15,18,20,25H,3,6-7,10-11,13-14,16-17H2,1H3/t18-/m0/s1. The lowest BCUT2D eigenvalue weighted by molar-refractivity contribution is 0.303. The van der Waals surface area contributed by atoms with Gasteiger partial charge in [-0.2, -0.15) is 5.10 Å². The molecule has 0 unspecified atom stereocenters. The van der Waals surface area contributed by atoms with Crippen molar-refractivity contribution >= 4 is 25.9 Å². The second kappa shape index (κ2) is 9.49. The molecule has 1 N–H and O–H groups in total. The molecule has 32 heavy (non-hydrogen) atoms. The van der Waals surface area contributed by atoms with Crippen molar-refractivity contribution in [1.82, 2.24) is 14.5 Å². The van der Waals surface area contributed by atoms with Gasteiger partial charge in [0.05, 0.1) is 23.7 Å². The molecule has 2 aromatic rings. The molecule has 1 aromatic heterocycles. The Morgan fingerprint density at radius 3 is 2.62 bits per heavy atom. The topological polar surface area (TPSA) is 98.1 Å². The molecule has 2 heterocycles. The summed E-state index contributed by atoms with van der Waals surface area (Å²) < 4.78 is 54.5. The van der Waals surface area contributed by atoms with Crippen LogP contribution in [-0.2, 0) is 38.6 Å². The van der Waals surface area contributed by atoms with Gasteiger partial charge in [0.25, 0.3) is 0 Å². The second-order valence-corrected chi connectivity index (χ2v) is 12.7. The molecule has 0 bridgehead atoms. The van der Waals surface area contributed by atoms with Crippen LogP contribution in [0.4, 0.5) is 0 Å². The Kier molecular flexibility index (Phi) is 6.88. The van der Waals surface area contributed by atoms with Gasteiger partial charge in [-0.25, -0.2) is 21.6 Å². The summed E-state index contributed by atoms with van der Waals surface area (Å²) >= 11 is 0. The van der Waals surface area contributed by atoms with Crippen molar-refractivity contribution in [2.45, 2.75) is 63.8 Å². The molecule has 0 amide bonds. The van der Waals surface area contributed by atoms with Gasteiger partial charge in [-0.15, -0.1) is 0 Å². The average Bonchev–Trinajstić information content (AvgIpc) is 3.08. The fourth-order valence-corrected chi connectivity index (χ4v) is 7.24. The molecular weight excluding hydrogens is 446 g/mol. The quantitative estimate of drug-likeness (QED) is 0.660. The van der Waals surface area contributed by atoms with E-state index in [1.54, 1.807) is 0 Å². The molecule has 0 spiro atoms. The van der Waals surface area contributed by atoms with E-state index in [9.17, 15) is 16.8 Å². The van der Waals surface area contributed by atoms with Crippen molar-refractivity contribution in [2.75, 3.05) is 5.75 Å². The zero-order valence-corrected chi connectivity index (χ0v) is 20.0. The summed E-state index contributed by atoms with van der Waals surface area (Å²) in [7, 11) is -6.88. The summed E-state index contributed by atoms with van der Waals surface area (Å²) in [6.07, 6.45) is 7.42. The van der Waals surface area contributed by atoms with Gasteiger partial charge in [0.2, 0.25) is 10.0 Å². The fourth-order valence-electron chi connectivity index (χ4n) is 4.74. The highest BCUT2D eigenvalue weighted by molar-refractivity contribution is 7.92. The van der Waals surface area contributed by atoms with Gasteiger partial charge >= 0.3 is 0 Å². The number of rotatable bonds is 7. The molecule has 7 nitrogen and oxygen atoms in total. The molecule has 4 rings (SSSR count). The molecule has 1 aromatic carbocycles. The maximum atomic E-state index is 12.7. The van der Waals surface area contributed by atoms with E-state index in [0.29, 0.717) is 30.1 Å². The van der Waals surface area contributed by atoms with Crippen LogP contribution in [0.5, 0.6) is 0 Å². The van der Waals surface area contributed by atoms with Crippen LogP contribution >= 0.6 is 0 Å². The smallest absolute Gasteiger partial charge is 0.234 e. The third-order valence-corrected chi connectivity index (χ3v) is 9.25. The average molecular weight is 478 g/mol. The number of hydrogen-bond acceptors (Lipinski definition) is 5. The Balaban J connectivity index is 1.57. The number of hydrogen-bond donors (Lipinski definition) is 1. The number of nitrogens with zero attached hydrogens (tertiary/aromatic N) is 2. The first-order valence-corrected chi connectivity index (χ1v) is 14.6. The molecule has 9 heteroatoms. The highest BCUT2D eigenvalue weighted by Crippen LogP contribution is 2.28. The Labute approximate surface area is 190 Å². The molecule has 1 aliphatic carbocycles. The minimum atomic E-state index is -3.66. The zero-order valence-electron chi connectivity index (χ0n) is 18.4. The van der Waals surface area contributed by atoms with Crippen molar-refractivity contribution in [1.29, 1.82) is 0 Å². The molecule has 1 atom stereocenters. The van der Waals surface area contributed by atoms with Gasteiger partial charge in [0.1, 0.15) is 0 Å². The fraction of sp³-hybridized carbons (Fsp3) is 0.522. The first-order valence-electron chi connectivity index (χ1n) is 11.3. The summed E-state index contributed by atoms with van der Waals surface area (Å²) in [6.45, 7) is 2.44. The maximum Gasteiger partial charge on any atom is 0.234 e. The predicted octanol–water partition coefficient (Wildman–Crippen LogP) is 3.26. The lowest BCUT2D eigenvalue weighted by atomic mass is 9.85. The third kappa shape index (κ3) is 5.68. The molecule has 0 radical (unpaired) electrons. The number of sulfone groups is 1. The van der Waals surface area contributed by atoms with Crippen LogP contribution in [0.1, 0.15) is 61.5 Å². The molecule has 174 valence electrons. The second-order valence-electron chi connectivity index (χ2n) is 8.95. The summed E-state index contributed by atoms with van der Waals surface area (Å²) in [5, 5.41) is 5.73. The molecule has 0 saturated heterocycles. The third-order valence-electron chi connectivity index (χ3n) is 6.50. The van der Waals surface area contributed by atoms with Crippen LogP contribution in [0, 0.1) is 5.92 Å². The van der Waals surface area contributed by atoms with Crippen molar-refractivity contribution in [2.24, 2.45) is 5.92 Å². The highest BCUT2D eigenvalue weighted by Gasteiger charge is 2.28. The van der Waals surface area contributed by atoms with E-state index < -0.39 is 19.9 Å². The Bertz CT molecular complexity index is 1180. The van der Waals surface area contributed by atoms with E-state index in [2.05, 4.69) is 9.82 Å². The molecular formula is C23H31N3O4S2. The maximum absolute atomic E-state index is 12.7. The van der Waals surface area contributed by atoms with E-state index in [-0.39, 0.29) is 17.5 Å². The minimum Gasteiger partial charge on any atom is -0.264 e. The monoisotopic (exact) mass is 477 g/mol. The van der Waals surface area contributed by atoms with Gasteiger partial charge in [-0.3, -0.25) is 4.68 Å². The number of aromatic nitrogens is 2. The number of benzene rings is 1. The summed E-state index contributed by atoms with van der Waals surface area (Å²) in [5.41, 5.74) is 2.94. The zero-order chi connectivity index (χ0) is 22.8. The van der Waals surface area contributed by atoms with Gasteiger partial charge in [-0.05, 0) is 37.3 Å². The first-order chi connectivity index (χ1) is 15.2. The van der Waals surface area contributed by atoms with Crippen molar-refractivity contribution in [3.8, 4) is 0 Å². The molecule has 2 aliphatic rings. The lowest BCUT2D eigenvalue weighted by Gasteiger charge is -2.27. The largest absolute Gasteiger partial charge is 0.264 e. The lowest BCUT2D eigenvalue weighted by Crippen LogP contribution is -2.37. The van der Waals surface area contributed by atoms with Crippen LogP contribution < -0.4 is 4.72 Å². The number of sulfonamides is 1. The number of fused-ring (bicyclic) bond motifs is 1. The van der Waals surface area contributed by atoms with E-state index in [4.69, 9.17) is 0 Å². The van der Waals surface area contributed by atoms with Crippen molar-refractivity contribution in [3.63, 3.8) is 0 Å². The first kappa shape index (κ1) is 23.2. The van der Waals surface area contributed by atoms with E-state index >= 15 is 0 Å². The van der Waals surface area contributed by atoms with Crippen molar-refractivity contribution < 1.29 is 16.8 Å². The Morgan fingerprint density at radius 1 is 1.19 bits per heavy atom. The Morgan fingerprint density at radius 2 is 1.91 bits per heavy atom.